The lowest BCUT2D eigenvalue weighted by atomic mass is 9.97. The molecule has 0 spiro atoms. The van der Waals surface area contributed by atoms with Gasteiger partial charge in [-0.2, -0.15) is 0 Å². The molecule has 0 saturated carbocycles. The van der Waals surface area contributed by atoms with Gasteiger partial charge in [0.25, 0.3) is 17.5 Å². The second-order valence-corrected chi connectivity index (χ2v) is 7.03. The second kappa shape index (κ2) is 7.52. The van der Waals surface area contributed by atoms with Gasteiger partial charge in [-0.3, -0.25) is 14.5 Å². The van der Waals surface area contributed by atoms with Gasteiger partial charge in [-0.1, -0.05) is 18.2 Å². The molecule has 1 aromatic carbocycles. The van der Waals surface area contributed by atoms with Crippen molar-refractivity contribution < 1.29 is 33.8 Å². The average molecular weight is 407 g/mol. The molecular weight excluding hydrogens is 390 g/mol. The third kappa shape index (κ3) is 3.18. The Morgan fingerprint density at radius 1 is 1.36 bits per heavy atom. The van der Waals surface area contributed by atoms with Crippen LogP contribution in [0.4, 0.5) is 4.79 Å². The van der Waals surface area contributed by atoms with Gasteiger partial charge in [-0.05, 0) is 12.1 Å². The van der Waals surface area contributed by atoms with Crippen molar-refractivity contribution in [2.45, 2.75) is 11.1 Å². The van der Waals surface area contributed by atoms with E-state index in [1.54, 1.807) is 30.3 Å². The number of benzene rings is 1. The van der Waals surface area contributed by atoms with E-state index in [-0.39, 0.29) is 23.6 Å². The van der Waals surface area contributed by atoms with Gasteiger partial charge in [0.05, 0.1) is 0 Å². The van der Waals surface area contributed by atoms with Gasteiger partial charge in [0.1, 0.15) is 17.7 Å². The van der Waals surface area contributed by atoms with E-state index in [1.165, 1.54) is 18.9 Å². The number of carbonyl (C=O) groups excluding carboxylic acids is 3. The Morgan fingerprint density at radius 3 is 2.61 bits per heavy atom. The van der Waals surface area contributed by atoms with Crippen LogP contribution in [0.2, 0.25) is 0 Å². The molecule has 10 nitrogen and oxygen atoms in total. The molecule has 1 saturated heterocycles. The number of nitrogens with two attached hydrogens (primary N) is 1. The van der Waals surface area contributed by atoms with E-state index in [4.69, 9.17) is 10.5 Å². The number of β-lactam (4-membered cyclic amide) rings is 1. The summed E-state index contributed by atoms with van der Waals surface area (Å²) in [5, 5.41) is 11.3. The fourth-order valence-corrected chi connectivity index (χ4v) is 4.46. The van der Waals surface area contributed by atoms with Gasteiger partial charge in [0.15, 0.2) is 0 Å². The number of hydrogen-bond acceptors (Lipinski definition) is 7. The van der Waals surface area contributed by atoms with Gasteiger partial charge in [0.2, 0.25) is 0 Å². The molecule has 1 aromatic rings. The fourth-order valence-electron chi connectivity index (χ4n) is 3.04. The quantitative estimate of drug-likeness (QED) is 0.444. The molecule has 0 aliphatic carbocycles. The van der Waals surface area contributed by atoms with Gasteiger partial charge in [0, 0.05) is 24.0 Å². The Hall–Kier alpha value is -3.05. The van der Waals surface area contributed by atoms with Crippen LogP contribution in [-0.2, 0) is 19.1 Å². The van der Waals surface area contributed by atoms with E-state index < -0.39 is 35.0 Å². The molecule has 11 heteroatoms. The molecule has 2 heterocycles. The Bertz CT molecular complexity index is 873. The number of thioether (sulfide) groups is 1. The molecular formula is C17H17N3O7S. The van der Waals surface area contributed by atoms with Crippen molar-refractivity contribution in [1.29, 1.82) is 0 Å². The number of rotatable bonds is 6. The van der Waals surface area contributed by atoms with Crippen molar-refractivity contribution in [3.63, 3.8) is 0 Å². The summed E-state index contributed by atoms with van der Waals surface area (Å²) in [7, 11) is 1.26. The van der Waals surface area contributed by atoms with Crippen LogP contribution in [0.5, 0.6) is 0 Å². The summed E-state index contributed by atoms with van der Waals surface area (Å²) in [5.41, 5.74) is 3.47. The van der Waals surface area contributed by atoms with E-state index in [9.17, 15) is 24.3 Å². The molecule has 0 bridgehead atoms. The van der Waals surface area contributed by atoms with Crippen LogP contribution in [0, 0.1) is 0 Å². The molecule has 4 N–H and O–H groups in total. The van der Waals surface area contributed by atoms with Crippen LogP contribution in [0.3, 0.4) is 0 Å². The SMILES string of the molecule is COC1(NC(=O)c2ccccc2)C(=O)N2C(C(=O)O)=C(COC(N)=O)CS[C@H]21. The lowest BCUT2D eigenvalue weighted by Crippen LogP contribution is -2.80. The van der Waals surface area contributed by atoms with Crippen molar-refractivity contribution in [1.82, 2.24) is 10.2 Å². The number of hydrogen-bond donors (Lipinski definition) is 3. The molecule has 3 rings (SSSR count). The number of carboxylic acids is 1. The predicted octanol–water partition coefficient (Wildman–Crippen LogP) is 0.108. The maximum absolute atomic E-state index is 12.9. The van der Waals surface area contributed by atoms with E-state index in [0.717, 1.165) is 4.90 Å². The lowest BCUT2D eigenvalue weighted by Gasteiger charge is -2.55. The van der Waals surface area contributed by atoms with Crippen molar-refractivity contribution in [3.8, 4) is 0 Å². The number of carbonyl (C=O) groups is 4. The molecule has 2 atom stereocenters. The number of carboxylic acid groups (broad SMARTS) is 1. The minimum atomic E-state index is -1.70. The third-order valence-electron chi connectivity index (χ3n) is 4.36. The highest BCUT2D eigenvalue weighted by molar-refractivity contribution is 8.00. The third-order valence-corrected chi connectivity index (χ3v) is 5.73. The zero-order chi connectivity index (χ0) is 20.5. The molecule has 1 fully saturated rings. The fraction of sp³-hybridized carbons (Fsp3) is 0.294. The number of nitrogens with zero attached hydrogens (tertiary/aromatic N) is 1. The minimum absolute atomic E-state index is 0.148. The summed E-state index contributed by atoms with van der Waals surface area (Å²) in [4.78, 5) is 48.9. The number of nitrogens with one attached hydrogen (secondary N) is 1. The van der Waals surface area contributed by atoms with E-state index >= 15 is 0 Å². The van der Waals surface area contributed by atoms with E-state index in [1.807, 2.05) is 0 Å². The van der Waals surface area contributed by atoms with Crippen molar-refractivity contribution in [2.24, 2.45) is 5.73 Å². The highest BCUT2D eigenvalue weighted by atomic mass is 32.2. The first-order chi connectivity index (χ1) is 13.3. The van der Waals surface area contributed by atoms with Gasteiger partial charge >= 0.3 is 12.1 Å². The summed E-state index contributed by atoms with van der Waals surface area (Å²) in [5.74, 6) is -2.47. The van der Waals surface area contributed by atoms with Crippen LogP contribution >= 0.6 is 11.8 Å². The number of ether oxygens (including phenoxy) is 2. The van der Waals surface area contributed by atoms with E-state index in [0.29, 0.717) is 5.56 Å². The lowest BCUT2D eigenvalue weighted by molar-refractivity contribution is -0.188. The molecule has 3 amide bonds. The Balaban J connectivity index is 1.87. The highest BCUT2D eigenvalue weighted by Crippen LogP contribution is 2.46. The van der Waals surface area contributed by atoms with Crippen LogP contribution < -0.4 is 11.1 Å². The standard InChI is InChI=1S/C17H17N3O7S/c1-26-17(19-12(21)9-5-3-2-4-6-9)14(24)20-11(13(22)23)10(7-27-16(18)25)8-28-15(17)20/h2-6,15H,7-8H2,1H3,(H2,18,25)(H,19,21)(H,22,23)/t15-,17?/m0/s1. The summed E-state index contributed by atoms with van der Waals surface area (Å²) >= 11 is 1.18. The van der Waals surface area contributed by atoms with Crippen LogP contribution in [0.1, 0.15) is 10.4 Å². The molecule has 0 radical (unpaired) electrons. The average Bonchev–Trinajstić information content (AvgIpc) is 2.69. The van der Waals surface area contributed by atoms with Gasteiger partial charge in [-0.15, -0.1) is 11.8 Å². The smallest absolute Gasteiger partial charge is 0.404 e. The number of primary amides is 1. The van der Waals surface area contributed by atoms with Crippen molar-refractivity contribution >= 4 is 35.6 Å². The summed E-state index contributed by atoms with van der Waals surface area (Å²) < 4.78 is 10.0. The first kappa shape index (κ1) is 19.7. The number of amides is 3. The predicted molar refractivity (Wildman–Crippen MR) is 96.9 cm³/mol. The molecule has 28 heavy (non-hydrogen) atoms. The van der Waals surface area contributed by atoms with Gasteiger partial charge < -0.3 is 25.6 Å². The Labute approximate surface area is 163 Å². The summed E-state index contributed by atoms with van der Waals surface area (Å²) in [6.45, 7) is -0.350. The van der Waals surface area contributed by atoms with E-state index in [2.05, 4.69) is 10.1 Å². The molecule has 1 unspecified atom stereocenters. The molecule has 148 valence electrons. The molecule has 2 aliphatic rings. The normalized spacial score (nSPS) is 23.5. The maximum atomic E-state index is 12.9. The Morgan fingerprint density at radius 2 is 2.04 bits per heavy atom. The number of methoxy groups -OCH3 is 1. The summed E-state index contributed by atoms with van der Waals surface area (Å²) in [6, 6.07) is 8.25. The number of fused-ring (bicyclic) bond motifs is 1. The maximum Gasteiger partial charge on any atom is 0.404 e. The highest BCUT2D eigenvalue weighted by Gasteiger charge is 2.66. The second-order valence-electron chi connectivity index (χ2n) is 5.96. The summed E-state index contributed by atoms with van der Waals surface area (Å²) in [6.07, 6.45) is -1.05. The molecule has 2 aliphatic heterocycles. The molecule has 0 aromatic heterocycles. The van der Waals surface area contributed by atoms with Crippen molar-refractivity contribution in [3.05, 3.63) is 47.2 Å². The van der Waals surface area contributed by atoms with Crippen molar-refractivity contribution in [2.75, 3.05) is 19.5 Å². The van der Waals surface area contributed by atoms with Crippen LogP contribution in [0.15, 0.2) is 41.6 Å². The Kier molecular flexibility index (Phi) is 5.29. The number of aliphatic carboxylic acids is 1. The topological polar surface area (TPSA) is 148 Å². The van der Waals surface area contributed by atoms with Crippen LogP contribution in [0.25, 0.3) is 0 Å². The zero-order valence-electron chi connectivity index (χ0n) is 14.7. The van der Waals surface area contributed by atoms with Crippen LogP contribution in [-0.4, -0.2) is 64.5 Å². The minimum Gasteiger partial charge on any atom is -0.477 e. The first-order valence-corrected chi connectivity index (χ1v) is 9.12. The van der Waals surface area contributed by atoms with Gasteiger partial charge in [-0.25, -0.2) is 9.59 Å². The monoisotopic (exact) mass is 407 g/mol. The largest absolute Gasteiger partial charge is 0.477 e. The zero-order valence-corrected chi connectivity index (χ0v) is 15.5. The first-order valence-electron chi connectivity index (χ1n) is 8.07.